The molecule has 3 aromatic carbocycles. The molecule has 0 aliphatic rings. The van der Waals surface area contributed by atoms with Gasteiger partial charge >= 0.3 is 0 Å². The Balaban J connectivity index is 1.94. The van der Waals surface area contributed by atoms with Crippen molar-refractivity contribution < 1.29 is 0 Å². The predicted octanol–water partition coefficient (Wildman–Crippen LogP) is 1.83. The largest absolute Gasteiger partial charge is 0.332 e. The van der Waals surface area contributed by atoms with Gasteiger partial charge in [0.1, 0.15) is 0 Å². The van der Waals surface area contributed by atoms with Gasteiger partial charge in [-0.3, -0.25) is 0 Å². The molecule has 0 spiro atoms. The number of hydrogen-bond donors (Lipinski definition) is 2. The van der Waals surface area contributed by atoms with E-state index in [1.165, 1.54) is 11.1 Å². The zero-order valence-electron chi connectivity index (χ0n) is 11.7. The maximum Gasteiger partial charge on any atom is 0.262 e. The summed E-state index contributed by atoms with van der Waals surface area (Å²) in [6.07, 6.45) is 0. The highest BCUT2D eigenvalue weighted by atomic mass is 28.3. The lowest BCUT2D eigenvalue weighted by atomic mass is 10.1. The molecule has 0 aliphatic heterocycles. The minimum absolute atomic E-state index is 1.04. The molecule has 0 saturated carbocycles. The maximum atomic E-state index is 6.46. The van der Waals surface area contributed by atoms with Gasteiger partial charge in [-0.1, -0.05) is 84.9 Å². The van der Waals surface area contributed by atoms with Gasteiger partial charge in [-0.2, -0.15) is 0 Å². The van der Waals surface area contributed by atoms with Gasteiger partial charge in [-0.05, 0) is 21.5 Å². The molecule has 104 valence electrons. The van der Waals surface area contributed by atoms with E-state index in [0.29, 0.717) is 0 Å². The predicted molar refractivity (Wildman–Crippen MR) is 91.7 cm³/mol. The molecule has 0 radical (unpaired) electrons. The quantitative estimate of drug-likeness (QED) is 0.723. The van der Waals surface area contributed by atoms with Crippen LogP contribution in [0, 0.1) is 0 Å². The Morgan fingerprint density at radius 2 is 0.905 bits per heavy atom. The summed E-state index contributed by atoms with van der Waals surface area (Å²) in [7, 11) is -2.58. The summed E-state index contributed by atoms with van der Waals surface area (Å²) in [5.41, 5.74) is 2.38. The van der Waals surface area contributed by atoms with E-state index in [9.17, 15) is 0 Å². The number of hydrogen-bond acceptors (Lipinski definition) is 2. The van der Waals surface area contributed by atoms with E-state index >= 15 is 0 Å². The summed E-state index contributed by atoms with van der Waals surface area (Å²) >= 11 is 0. The third-order valence-corrected chi connectivity index (χ3v) is 6.30. The van der Waals surface area contributed by atoms with Gasteiger partial charge in [0.15, 0.2) is 0 Å². The lowest BCUT2D eigenvalue weighted by molar-refractivity contribution is 1.54. The van der Waals surface area contributed by atoms with Crippen LogP contribution in [0.2, 0.25) is 0 Å². The van der Waals surface area contributed by atoms with Crippen LogP contribution in [0.15, 0.2) is 84.9 Å². The summed E-state index contributed by atoms with van der Waals surface area (Å²) in [6, 6.07) is 28.6. The molecule has 0 bridgehead atoms. The summed E-state index contributed by atoms with van der Waals surface area (Å²) in [4.78, 5) is 0. The molecule has 0 amide bonds. The first-order valence-electron chi connectivity index (χ1n) is 6.97. The SMILES string of the molecule is N[Si](N)(c1ccccc1)c1ccc(-c2ccccc2)cc1. The molecular weight excluding hydrogens is 272 g/mol. The number of benzene rings is 3. The second-order valence-corrected chi connectivity index (χ2v) is 8.07. The molecule has 3 aromatic rings. The molecule has 3 rings (SSSR count). The molecule has 0 saturated heterocycles. The minimum Gasteiger partial charge on any atom is -0.332 e. The summed E-state index contributed by atoms with van der Waals surface area (Å²) in [6.45, 7) is 0. The van der Waals surface area contributed by atoms with E-state index in [0.717, 1.165) is 10.4 Å². The van der Waals surface area contributed by atoms with Crippen molar-refractivity contribution in [2.24, 2.45) is 10.8 Å². The van der Waals surface area contributed by atoms with E-state index in [4.69, 9.17) is 10.8 Å². The zero-order valence-corrected chi connectivity index (χ0v) is 12.7. The third kappa shape index (κ3) is 2.80. The van der Waals surface area contributed by atoms with E-state index in [-0.39, 0.29) is 0 Å². The lowest BCUT2D eigenvalue weighted by Crippen LogP contribution is -2.73. The summed E-state index contributed by atoms with van der Waals surface area (Å²) in [5.74, 6) is 0. The van der Waals surface area contributed by atoms with Crippen molar-refractivity contribution in [1.29, 1.82) is 0 Å². The zero-order chi connectivity index (χ0) is 14.7. The molecular formula is C18H18N2Si. The fourth-order valence-electron chi connectivity index (χ4n) is 2.45. The maximum absolute atomic E-state index is 6.46. The van der Waals surface area contributed by atoms with Crippen LogP contribution in [-0.2, 0) is 0 Å². The molecule has 0 unspecified atom stereocenters. The molecule has 2 nitrogen and oxygen atoms in total. The van der Waals surface area contributed by atoms with Crippen LogP contribution in [0.3, 0.4) is 0 Å². The normalized spacial score (nSPS) is 11.3. The van der Waals surface area contributed by atoms with E-state index in [1.807, 2.05) is 48.5 Å². The van der Waals surface area contributed by atoms with Crippen molar-refractivity contribution in [2.75, 3.05) is 0 Å². The first kappa shape index (κ1) is 13.8. The fraction of sp³-hybridized carbons (Fsp3) is 0. The number of nitrogens with two attached hydrogens (primary N) is 2. The van der Waals surface area contributed by atoms with Crippen LogP contribution < -0.4 is 21.2 Å². The minimum atomic E-state index is -2.58. The standard InChI is InChI=1S/C18H18N2Si/c19-21(20,17-9-5-2-6-10-17)18-13-11-16(12-14-18)15-7-3-1-4-8-15/h1-14H,19-20H2. The number of rotatable bonds is 3. The van der Waals surface area contributed by atoms with Gasteiger partial charge in [-0.15, -0.1) is 0 Å². The van der Waals surface area contributed by atoms with Crippen LogP contribution in [0.25, 0.3) is 11.1 Å². The molecule has 0 aliphatic carbocycles. The van der Waals surface area contributed by atoms with Gasteiger partial charge in [0, 0.05) is 0 Å². The van der Waals surface area contributed by atoms with Crippen LogP contribution in [-0.4, -0.2) is 8.40 Å². The fourth-order valence-corrected chi connectivity index (χ4v) is 4.25. The molecule has 0 heterocycles. The van der Waals surface area contributed by atoms with Gasteiger partial charge in [0.05, 0.1) is 0 Å². The van der Waals surface area contributed by atoms with Crippen molar-refractivity contribution in [3.8, 4) is 11.1 Å². The van der Waals surface area contributed by atoms with Crippen LogP contribution in [0.5, 0.6) is 0 Å². The highest BCUT2D eigenvalue weighted by Crippen LogP contribution is 2.17. The Hall–Kier alpha value is -2.20. The second kappa shape index (κ2) is 5.66. The summed E-state index contributed by atoms with van der Waals surface area (Å²) in [5, 5.41) is 15.0. The van der Waals surface area contributed by atoms with E-state index < -0.39 is 8.40 Å². The van der Waals surface area contributed by atoms with Gasteiger partial charge in [0.2, 0.25) is 0 Å². The van der Waals surface area contributed by atoms with Gasteiger partial charge < -0.3 is 10.8 Å². The third-order valence-electron chi connectivity index (χ3n) is 3.72. The topological polar surface area (TPSA) is 52.0 Å². The Bertz CT molecular complexity index is 707. The Morgan fingerprint density at radius 3 is 1.48 bits per heavy atom. The van der Waals surface area contributed by atoms with Crippen LogP contribution >= 0.6 is 0 Å². The lowest BCUT2D eigenvalue weighted by Gasteiger charge is -2.22. The monoisotopic (exact) mass is 290 g/mol. The first-order valence-corrected chi connectivity index (χ1v) is 9.12. The van der Waals surface area contributed by atoms with Gasteiger partial charge in [0.25, 0.3) is 8.40 Å². The van der Waals surface area contributed by atoms with E-state index in [1.54, 1.807) is 0 Å². The molecule has 21 heavy (non-hydrogen) atoms. The van der Waals surface area contributed by atoms with Crippen molar-refractivity contribution >= 4 is 18.8 Å². The average Bonchev–Trinajstić information content (AvgIpc) is 2.57. The smallest absolute Gasteiger partial charge is 0.262 e. The van der Waals surface area contributed by atoms with Crippen molar-refractivity contribution in [1.82, 2.24) is 0 Å². The highest BCUT2D eigenvalue weighted by molar-refractivity contribution is 6.97. The van der Waals surface area contributed by atoms with E-state index in [2.05, 4.69) is 36.4 Å². The van der Waals surface area contributed by atoms with Crippen LogP contribution in [0.4, 0.5) is 0 Å². The molecule has 0 fully saturated rings. The Morgan fingerprint density at radius 1 is 0.476 bits per heavy atom. The molecule has 4 N–H and O–H groups in total. The van der Waals surface area contributed by atoms with Crippen molar-refractivity contribution in [2.45, 2.75) is 0 Å². The Labute approximate surface area is 126 Å². The van der Waals surface area contributed by atoms with Gasteiger partial charge in [-0.25, -0.2) is 0 Å². The average molecular weight is 290 g/mol. The van der Waals surface area contributed by atoms with Crippen molar-refractivity contribution in [3.05, 3.63) is 84.9 Å². The molecule has 0 aromatic heterocycles. The molecule has 3 heteroatoms. The first-order chi connectivity index (χ1) is 10.2. The highest BCUT2D eigenvalue weighted by Gasteiger charge is 2.28. The Kier molecular flexibility index (Phi) is 3.71. The molecule has 0 atom stereocenters. The summed E-state index contributed by atoms with van der Waals surface area (Å²) < 4.78 is 0. The van der Waals surface area contributed by atoms with Crippen LogP contribution in [0.1, 0.15) is 0 Å². The second-order valence-electron chi connectivity index (χ2n) is 5.18. The van der Waals surface area contributed by atoms with Crippen molar-refractivity contribution in [3.63, 3.8) is 0 Å².